The van der Waals surface area contributed by atoms with Gasteiger partial charge in [0.05, 0.1) is 6.33 Å². The highest BCUT2D eigenvalue weighted by molar-refractivity contribution is 7.71. The maximum absolute atomic E-state index is 5.06. The van der Waals surface area contributed by atoms with Crippen molar-refractivity contribution in [2.24, 2.45) is 0 Å². The lowest BCUT2D eigenvalue weighted by Gasteiger charge is -2.03. The Hall–Kier alpha value is -2.00. The van der Waals surface area contributed by atoms with E-state index in [0.29, 0.717) is 4.64 Å². The monoisotopic (exact) mass is 238 g/mol. The average molecular weight is 238 g/mol. The quantitative estimate of drug-likeness (QED) is 0.650. The molecule has 0 saturated heterocycles. The number of fused-ring (bicyclic) bond motifs is 1. The van der Waals surface area contributed by atoms with Gasteiger partial charge in [-0.25, -0.2) is 4.98 Å². The summed E-state index contributed by atoms with van der Waals surface area (Å²) in [5.41, 5.74) is 2.12. The van der Waals surface area contributed by atoms with Gasteiger partial charge in [0, 0.05) is 5.69 Å². The van der Waals surface area contributed by atoms with Crippen molar-refractivity contribution in [3.63, 3.8) is 0 Å². The summed E-state index contributed by atoms with van der Waals surface area (Å²) in [7, 11) is 0. The third-order valence-corrected chi connectivity index (χ3v) is 2.96. The Labute approximate surface area is 104 Å². The topological polar surface area (TPSA) is 28.7 Å². The van der Waals surface area contributed by atoms with Crippen molar-refractivity contribution in [2.75, 3.05) is 0 Å². The third-order valence-electron chi connectivity index (χ3n) is 2.74. The molecule has 0 aliphatic heterocycles. The Kier molecular flexibility index (Phi) is 2.46. The minimum absolute atomic E-state index is 0.604. The molecule has 0 aliphatic carbocycles. The van der Waals surface area contributed by atoms with Crippen LogP contribution in [0, 0.1) is 4.64 Å². The molecule has 0 bridgehead atoms. The fourth-order valence-electron chi connectivity index (χ4n) is 1.89. The molecule has 0 saturated carbocycles. The number of H-pyrrole nitrogens is 1. The van der Waals surface area contributed by atoms with Crippen LogP contribution in [0.4, 0.5) is 0 Å². The maximum atomic E-state index is 5.06. The van der Waals surface area contributed by atoms with Crippen molar-refractivity contribution >= 4 is 23.0 Å². The van der Waals surface area contributed by atoms with Crippen LogP contribution < -0.4 is 0 Å². The highest BCUT2D eigenvalue weighted by Crippen LogP contribution is 2.22. The fourth-order valence-corrected chi connectivity index (χ4v) is 2.06. The van der Waals surface area contributed by atoms with E-state index in [4.69, 9.17) is 12.2 Å². The first-order valence-electron chi connectivity index (χ1n) is 5.37. The number of nitrogens with zero attached hydrogens (tertiary/aromatic N) is 1. The standard InChI is InChI=1S/C14H10N2S/c17-14-8-13(15-9-16-14)12-6-5-10-3-1-2-4-11(10)7-12/h1-9H,(H,15,16,17). The Morgan fingerprint density at radius 2 is 1.76 bits per heavy atom. The van der Waals surface area contributed by atoms with Crippen LogP contribution in [0.25, 0.3) is 22.0 Å². The van der Waals surface area contributed by atoms with Gasteiger partial charge in [0.15, 0.2) is 0 Å². The number of benzene rings is 2. The van der Waals surface area contributed by atoms with Crippen LogP contribution in [-0.4, -0.2) is 9.97 Å². The molecular weight excluding hydrogens is 228 g/mol. The smallest absolute Gasteiger partial charge is 0.130 e. The number of hydrogen-bond donors (Lipinski definition) is 1. The van der Waals surface area contributed by atoms with Gasteiger partial charge in [-0.15, -0.1) is 0 Å². The van der Waals surface area contributed by atoms with Gasteiger partial charge in [-0.3, -0.25) is 0 Å². The second kappa shape index (κ2) is 4.11. The summed E-state index contributed by atoms with van der Waals surface area (Å²) in [6.07, 6.45) is 1.63. The summed E-state index contributed by atoms with van der Waals surface area (Å²) in [5.74, 6) is 0. The van der Waals surface area contributed by atoms with Crippen molar-refractivity contribution < 1.29 is 0 Å². The van der Waals surface area contributed by atoms with E-state index in [1.54, 1.807) is 6.33 Å². The van der Waals surface area contributed by atoms with Crippen LogP contribution in [0.5, 0.6) is 0 Å². The van der Waals surface area contributed by atoms with Gasteiger partial charge in [0.1, 0.15) is 4.64 Å². The molecule has 0 radical (unpaired) electrons. The summed E-state index contributed by atoms with van der Waals surface area (Å²) in [6, 6.07) is 16.5. The number of hydrogen-bond acceptors (Lipinski definition) is 2. The molecule has 0 spiro atoms. The van der Waals surface area contributed by atoms with Crippen molar-refractivity contribution in [1.29, 1.82) is 0 Å². The zero-order chi connectivity index (χ0) is 11.7. The first kappa shape index (κ1) is 10.2. The summed E-state index contributed by atoms with van der Waals surface area (Å²) in [6.45, 7) is 0. The summed E-state index contributed by atoms with van der Waals surface area (Å²) in [5, 5.41) is 2.46. The molecule has 3 heteroatoms. The summed E-state index contributed by atoms with van der Waals surface area (Å²) in [4.78, 5) is 7.10. The fraction of sp³-hybridized carbons (Fsp3) is 0. The SMILES string of the molecule is S=c1cc(-c2ccc3ccccc3c2)[nH]cn1. The Morgan fingerprint density at radius 1 is 0.941 bits per heavy atom. The molecule has 0 amide bonds. The summed E-state index contributed by atoms with van der Waals surface area (Å²) >= 11 is 5.06. The van der Waals surface area contributed by atoms with E-state index in [0.717, 1.165) is 11.3 Å². The predicted molar refractivity (Wildman–Crippen MR) is 72.4 cm³/mol. The van der Waals surface area contributed by atoms with E-state index in [-0.39, 0.29) is 0 Å². The number of rotatable bonds is 1. The molecular formula is C14H10N2S. The molecule has 2 nitrogen and oxygen atoms in total. The van der Waals surface area contributed by atoms with Crippen LogP contribution >= 0.6 is 12.2 Å². The molecule has 1 N–H and O–H groups in total. The molecule has 1 heterocycles. The molecule has 3 aromatic rings. The highest BCUT2D eigenvalue weighted by Gasteiger charge is 1.99. The van der Waals surface area contributed by atoms with Crippen molar-refractivity contribution in [3.05, 3.63) is 59.5 Å². The predicted octanol–water partition coefficient (Wildman–Crippen LogP) is 3.96. The molecule has 1 aromatic heterocycles. The van der Waals surface area contributed by atoms with E-state index >= 15 is 0 Å². The summed E-state index contributed by atoms with van der Waals surface area (Å²) < 4.78 is 0.604. The van der Waals surface area contributed by atoms with Crippen LogP contribution in [-0.2, 0) is 0 Å². The van der Waals surface area contributed by atoms with E-state index in [1.165, 1.54) is 10.8 Å². The number of aromatic nitrogens is 2. The average Bonchev–Trinajstić information content (AvgIpc) is 2.38. The first-order chi connectivity index (χ1) is 8.33. The second-order valence-electron chi connectivity index (χ2n) is 3.86. The van der Waals surface area contributed by atoms with E-state index < -0.39 is 0 Å². The van der Waals surface area contributed by atoms with E-state index in [1.807, 2.05) is 18.2 Å². The Balaban J connectivity index is 2.21. The molecule has 0 unspecified atom stereocenters. The minimum Gasteiger partial charge on any atom is -0.346 e. The van der Waals surface area contributed by atoms with Gasteiger partial charge in [0.25, 0.3) is 0 Å². The second-order valence-corrected chi connectivity index (χ2v) is 4.28. The lowest BCUT2D eigenvalue weighted by Crippen LogP contribution is -1.85. The molecule has 17 heavy (non-hydrogen) atoms. The van der Waals surface area contributed by atoms with Gasteiger partial charge < -0.3 is 4.98 Å². The molecule has 2 aromatic carbocycles. The molecule has 82 valence electrons. The third kappa shape index (κ3) is 1.97. The number of aromatic amines is 1. The van der Waals surface area contributed by atoms with Gasteiger partial charge in [-0.2, -0.15) is 0 Å². The number of nitrogens with one attached hydrogen (secondary N) is 1. The first-order valence-corrected chi connectivity index (χ1v) is 5.78. The van der Waals surface area contributed by atoms with Gasteiger partial charge in [0.2, 0.25) is 0 Å². The van der Waals surface area contributed by atoms with Gasteiger partial charge in [-0.1, -0.05) is 48.6 Å². The zero-order valence-corrected chi connectivity index (χ0v) is 9.87. The minimum atomic E-state index is 0.604. The van der Waals surface area contributed by atoms with Crippen molar-refractivity contribution in [2.45, 2.75) is 0 Å². The molecule has 3 rings (SSSR count). The van der Waals surface area contributed by atoms with Gasteiger partial charge >= 0.3 is 0 Å². The van der Waals surface area contributed by atoms with Crippen molar-refractivity contribution in [3.8, 4) is 11.3 Å². The molecule has 0 fully saturated rings. The molecule has 0 aliphatic rings. The van der Waals surface area contributed by atoms with Crippen LogP contribution in [0.3, 0.4) is 0 Å². The Bertz CT molecular complexity index is 731. The molecule has 0 atom stereocenters. The van der Waals surface area contributed by atoms with Crippen LogP contribution in [0.1, 0.15) is 0 Å². The van der Waals surface area contributed by atoms with Crippen LogP contribution in [0.15, 0.2) is 54.9 Å². The van der Waals surface area contributed by atoms with Crippen LogP contribution in [0.2, 0.25) is 0 Å². The van der Waals surface area contributed by atoms with E-state index in [2.05, 4.69) is 40.3 Å². The van der Waals surface area contributed by atoms with Crippen molar-refractivity contribution in [1.82, 2.24) is 9.97 Å². The Morgan fingerprint density at radius 3 is 2.59 bits per heavy atom. The maximum Gasteiger partial charge on any atom is 0.130 e. The van der Waals surface area contributed by atoms with E-state index in [9.17, 15) is 0 Å². The zero-order valence-electron chi connectivity index (χ0n) is 9.05. The normalized spacial score (nSPS) is 10.6. The largest absolute Gasteiger partial charge is 0.346 e. The lowest BCUT2D eigenvalue weighted by atomic mass is 10.1. The highest BCUT2D eigenvalue weighted by atomic mass is 32.1. The lowest BCUT2D eigenvalue weighted by molar-refractivity contribution is 1.16. The van der Waals surface area contributed by atoms with Gasteiger partial charge in [-0.05, 0) is 28.5 Å².